The van der Waals surface area contributed by atoms with E-state index in [2.05, 4.69) is 20.4 Å². The van der Waals surface area contributed by atoms with Crippen LogP contribution in [0.25, 0.3) is 16.8 Å². The Balaban J connectivity index is 1.33. The van der Waals surface area contributed by atoms with Crippen molar-refractivity contribution in [1.82, 2.24) is 25.1 Å². The Kier molecular flexibility index (Phi) is 8.13. The van der Waals surface area contributed by atoms with Crippen LogP contribution in [0.4, 0.5) is 24.9 Å². The maximum absolute atomic E-state index is 15.0. The molecule has 242 valence electrons. The topological polar surface area (TPSA) is 131 Å². The van der Waals surface area contributed by atoms with E-state index < -0.39 is 24.3 Å². The average Bonchev–Trinajstić information content (AvgIpc) is 3.63. The van der Waals surface area contributed by atoms with Gasteiger partial charge in [-0.1, -0.05) is 24.3 Å². The van der Waals surface area contributed by atoms with Crippen molar-refractivity contribution >= 4 is 17.7 Å². The molecule has 0 bridgehead atoms. The summed E-state index contributed by atoms with van der Waals surface area (Å²) in [5.41, 5.74) is 10.1. The SMILES string of the molecule is Cc1ccn(-c2ccc(-c3ccc(C)c(C)c3)cc2[C@@H](Oc2cc(N3CCC4(CC3)CNC(C(=O)O)C4)nc(N)n2)C(F)(F)F)n1. The second-order valence-electron chi connectivity index (χ2n) is 12.4. The van der Waals surface area contributed by atoms with E-state index in [1.807, 2.05) is 36.9 Å². The summed E-state index contributed by atoms with van der Waals surface area (Å²) in [6.45, 7) is 7.37. The van der Waals surface area contributed by atoms with E-state index in [1.165, 1.54) is 16.8 Å². The fourth-order valence-electron chi connectivity index (χ4n) is 6.39. The summed E-state index contributed by atoms with van der Waals surface area (Å²) in [5, 5.41) is 16.9. The van der Waals surface area contributed by atoms with Gasteiger partial charge in [0.15, 0.2) is 0 Å². The number of nitrogens with one attached hydrogen (secondary N) is 1. The van der Waals surface area contributed by atoms with Crippen molar-refractivity contribution < 1.29 is 27.8 Å². The molecule has 10 nitrogen and oxygen atoms in total. The molecule has 6 rings (SSSR count). The van der Waals surface area contributed by atoms with E-state index in [0.717, 1.165) is 16.7 Å². The molecule has 0 radical (unpaired) electrons. The Morgan fingerprint density at radius 1 is 1.04 bits per heavy atom. The van der Waals surface area contributed by atoms with Crippen LogP contribution in [-0.2, 0) is 4.79 Å². The van der Waals surface area contributed by atoms with E-state index in [9.17, 15) is 23.1 Å². The average molecular weight is 636 g/mol. The Morgan fingerprint density at radius 2 is 1.76 bits per heavy atom. The highest BCUT2D eigenvalue weighted by Crippen LogP contribution is 2.43. The predicted octanol–water partition coefficient (Wildman–Crippen LogP) is 5.55. The number of nitrogens with two attached hydrogens (primary N) is 1. The molecule has 1 spiro atoms. The number of benzene rings is 2. The van der Waals surface area contributed by atoms with Gasteiger partial charge in [-0.05, 0) is 85.9 Å². The lowest BCUT2D eigenvalue weighted by molar-refractivity contribution is -0.198. The highest BCUT2D eigenvalue weighted by molar-refractivity contribution is 5.74. The summed E-state index contributed by atoms with van der Waals surface area (Å²) in [4.78, 5) is 21.7. The number of hydrogen-bond acceptors (Lipinski definition) is 8. The molecule has 2 aromatic carbocycles. The van der Waals surface area contributed by atoms with Crippen molar-refractivity contribution in [2.75, 3.05) is 30.3 Å². The molecule has 4 aromatic rings. The molecule has 4 N–H and O–H groups in total. The number of halogens is 3. The van der Waals surface area contributed by atoms with Crippen molar-refractivity contribution in [1.29, 1.82) is 0 Å². The summed E-state index contributed by atoms with van der Waals surface area (Å²) < 4.78 is 52.0. The first-order valence-electron chi connectivity index (χ1n) is 15.1. The molecule has 4 heterocycles. The number of carboxylic acid groups (broad SMARTS) is 1. The van der Waals surface area contributed by atoms with Crippen molar-refractivity contribution in [2.24, 2.45) is 5.41 Å². The molecule has 2 saturated heterocycles. The standard InChI is InChI=1S/C33H36F3N7O3/c1-19-4-5-22(14-20(19)2)23-6-7-26(43-11-8-21(3)41-43)24(15-23)29(33(34,35)36)46-28-16-27(39-31(37)40-28)42-12-9-32(10-13-42)17-25(30(44)45)38-18-32/h4-8,11,14-16,25,29,38H,9-10,12-13,17-18H2,1-3H3,(H,44,45)(H2,37,39,40)/t25?,29-/m1/s1. The van der Waals surface area contributed by atoms with Gasteiger partial charge in [-0.3, -0.25) is 4.79 Å². The van der Waals surface area contributed by atoms with Crippen molar-refractivity contribution in [3.8, 4) is 22.7 Å². The number of aliphatic carboxylic acids is 1. The number of aromatic nitrogens is 4. The van der Waals surface area contributed by atoms with Gasteiger partial charge >= 0.3 is 12.1 Å². The van der Waals surface area contributed by atoms with Crippen LogP contribution in [0.5, 0.6) is 5.88 Å². The van der Waals surface area contributed by atoms with Gasteiger partial charge in [0.25, 0.3) is 0 Å². The molecule has 2 aliphatic rings. The van der Waals surface area contributed by atoms with Crippen molar-refractivity contribution in [2.45, 2.75) is 58.4 Å². The minimum Gasteiger partial charge on any atom is -0.480 e. The number of carbonyl (C=O) groups is 1. The summed E-state index contributed by atoms with van der Waals surface area (Å²) in [7, 11) is 0. The van der Waals surface area contributed by atoms with E-state index in [1.54, 1.807) is 31.3 Å². The van der Waals surface area contributed by atoms with Gasteiger partial charge in [-0.2, -0.15) is 28.2 Å². The third-order valence-corrected chi connectivity index (χ3v) is 9.17. The number of nitrogen functional groups attached to an aromatic ring is 1. The van der Waals surface area contributed by atoms with Gasteiger partial charge in [0, 0.05) is 37.5 Å². The summed E-state index contributed by atoms with van der Waals surface area (Å²) in [5.74, 6) is -1.04. The molecule has 2 aromatic heterocycles. The number of aryl methyl sites for hydroxylation is 3. The maximum atomic E-state index is 15.0. The van der Waals surface area contributed by atoms with Gasteiger partial charge in [0.2, 0.25) is 17.9 Å². The molecule has 2 atom stereocenters. The first-order valence-corrected chi connectivity index (χ1v) is 15.1. The molecule has 46 heavy (non-hydrogen) atoms. The van der Waals surface area contributed by atoms with E-state index >= 15 is 0 Å². The van der Waals surface area contributed by atoms with Gasteiger partial charge in [-0.25, -0.2) is 4.68 Å². The number of rotatable bonds is 7. The Bertz CT molecular complexity index is 1770. The van der Waals surface area contributed by atoms with Gasteiger partial charge in [0.05, 0.1) is 11.4 Å². The molecular formula is C33H36F3N7O3. The maximum Gasteiger partial charge on any atom is 0.429 e. The van der Waals surface area contributed by atoms with Crippen molar-refractivity contribution in [3.63, 3.8) is 0 Å². The number of piperidine rings is 1. The number of carboxylic acids is 1. The minimum absolute atomic E-state index is 0.133. The zero-order valence-electron chi connectivity index (χ0n) is 25.8. The zero-order valence-corrected chi connectivity index (χ0v) is 25.8. The van der Waals surface area contributed by atoms with E-state index in [4.69, 9.17) is 10.5 Å². The Hall–Kier alpha value is -4.65. The molecule has 0 saturated carbocycles. The first-order chi connectivity index (χ1) is 21.8. The van der Waals surface area contributed by atoms with Crippen LogP contribution >= 0.6 is 0 Å². The molecule has 2 fully saturated rings. The smallest absolute Gasteiger partial charge is 0.429 e. The lowest BCUT2D eigenvalue weighted by atomic mass is 9.76. The van der Waals surface area contributed by atoms with Crippen LogP contribution in [0.1, 0.15) is 47.8 Å². The summed E-state index contributed by atoms with van der Waals surface area (Å²) >= 11 is 0. The fraction of sp³-hybridized carbons (Fsp3) is 0.394. The predicted molar refractivity (Wildman–Crippen MR) is 167 cm³/mol. The van der Waals surface area contributed by atoms with Crippen LogP contribution in [-0.4, -0.2) is 62.7 Å². The largest absolute Gasteiger partial charge is 0.480 e. The first kappa shape index (κ1) is 31.3. The van der Waals surface area contributed by atoms with Crippen molar-refractivity contribution in [3.05, 3.63) is 77.1 Å². The van der Waals surface area contributed by atoms with Crippen LogP contribution < -0.4 is 20.7 Å². The molecule has 2 aliphatic heterocycles. The lowest BCUT2D eigenvalue weighted by Gasteiger charge is -2.39. The zero-order chi connectivity index (χ0) is 32.8. The minimum atomic E-state index is -4.83. The van der Waals surface area contributed by atoms with Gasteiger partial charge in [-0.15, -0.1) is 0 Å². The van der Waals surface area contributed by atoms with Crippen LogP contribution in [0.3, 0.4) is 0 Å². The molecular weight excluding hydrogens is 599 g/mol. The van der Waals surface area contributed by atoms with Crippen LogP contribution in [0.2, 0.25) is 0 Å². The highest BCUT2D eigenvalue weighted by atomic mass is 19.4. The molecule has 0 amide bonds. The monoisotopic (exact) mass is 635 g/mol. The van der Waals surface area contributed by atoms with Crippen LogP contribution in [0, 0.1) is 26.2 Å². The van der Waals surface area contributed by atoms with E-state index in [0.29, 0.717) is 56.0 Å². The number of anilines is 2. The third kappa shape index (κ3) is 6.37. The molecule has 0 aliphatic carbocycles. The normalized spacial score (nSPS) is 18.6. The second kappa shape index (κ2) is 11.9. The fourth-order valence-corrected chi connectivity index (χ4v) is 6.39. The Morgan fingerprint density at radius 3 is 2.39 bits per heavy atom. The molecule has 13 heteroatoms. The van der Waals surface area contributed by atoms with Crippen LogP contribution in [0.15, 0.2) is 54.7 Å². The number of ether oxygens (including phenoxy) is 1. The molecule has 1 unspecified atom stereocenters. The highest BCUT2D eigenvalue weighted by Gasteiger charge is 2.46. The number of hydrogen-bond donors (Lipinski definition) is 3. The summed E-state index contributed by atoms with van der Waals surface area (Å²) in [6.07, 6.45) is -3.68. The second-order valence-corrected chi connectivity index (χ2v) is 12.4. The summed E-state index contributed by atoms with van der Waals surface area (Å²) in [6, 6.07) is 13.2. The lowest BCUT2D eigenvalue weighted by Crippen LogP contribution is -2.41. The number of nitrogens with zero attached hydrogens (tertiary/aromatic N) is 5. The third-order valence-electron chi connectivity index (χ3n) is 9.17. The quantitative estimate of drug-likeness (QED) is 0.239. The van der Waals surface area contributed by atoms with Gasteiger partial charge < -0.3 is 25.8 Å². The number of alkyl halides is 3. The Labute approximate surface area is 264 Å². The van der Waals surface area contributed by atoms with Gasteiger partial charge in [0.1, 0.15) is 11.9 Å². The van der Waals surface area contributed by atoms with E-state index in [-0.39, 0.29) is 28.5 Å².